The van der Waals surface area contributed by atoms with E-state index >= 15 is 0 Å². The molecule has 3 aromatic rings. The van der Waals surface area contributed by atoms with Crippen LogP contribution >= 0.6 is 0 Å². The lowest BCUT2D eigenvalue weighted by Gasteiger charge is -2.28. The van der Waals surface area contributed by atoms with Gasteiger partial charge in [0.25, 0.3) is 5.91 Å². The number of rotatable bonds is 8. The highest BCUT2D eigenvalue weighted by Crippen LogP contribution is 2.23. The topological polar surface area (TPSA) is 88.1 Å². The molecule has 1 aromatic heterocycles. The van der Waals surface area contributed by atoms with Gasteiger partial charge in [-0.25, -0.2) is 4.39 Å². The van der Waals surface area contributed by atoms with E-state index in [1.807, 2.05) is 36.4 Å². The number of halogens is 1. The molecule has 0 N–H and O–H groups in total. The van der Waals surface area contributed by atoms with Gasteiger partial charge in [-0.15, -0.1) is 10.2 Å². The molecule has 2 aliphatic rings. The van der Waals surface area contributed by atoms with Crippen molar-refractivity contribution < 1.29 is 23.5 Å². The van der Waals surface area contributed by atoms with Gasteiger partial charge in [0.05, 0.1) is 18.9 Å². The van der Waals surface area contributed by atoms with E-state index in [1.165, 1.54) is 23.1 Å². The van der Waals surface area contributed by atoms with Gasteiger partial charge in [0.2, 0.25) is 5.91 Å². The molecule has 2 aliphatic heterocycles. The van der Waals surface area contributed by atoms with Crippen molar-refractivity contribution in [1.29, 1.82) is 0 Å². The van der Waals surface area contributed by atoms with Gasteiger partial charge in [-0.2, -0.15) is 0 Å². The minimum atomic E-state index is -0.485. The van der Waals surface area contributed by atoms with Crippen molar-refractivity contribution in [1.82, 2.24) is 20.0 Å². The zero-order valence-electron chi connectivity index (χ0n) is 22.7. The van der Waals surface area contributed by atoms with Crippen molar-refractivity contribution in [2.75, 3.05) is 57.9 Å². The van der Waals surface area contributed by atoms with Gasteiger partial charge < -0.3 is 24.2 Å². The maximum atomic E-state index is 13.8. The number of anilines is 1. The highest BCUT2D eigenvalue weighted by molar-refractivity contribution is 5.96. The average Bonchev–Trinajstić information content (AvgIpc) is 3.37. The smallest absolute Gasteiger partial charge is 0.254 e. The van der Waals surface area contributed by atoms with Gasteiger partial charge >= 0.3 is 0 Å². The van der Waals surface area contributed by atoms with Gasteiger partial charge in [0.1, 0.15) is 18.1 Å². The largest absolute Gasteiger partial charge is 0.497 e. The Bertz CT molecular complexity index is 1320. The summed E-state index contributed by atoms with van der Waals surface area (Å²) in [6, 6.07) is 17.1. The van der Waals surface area contributed by atoms with Crippen molar-refractivity contribution in [3.8, 4) is 17.0 Å². The second-order valence-electron chi connectivity index (χ2n) is 10.1. The van der Waals surface area contributed by atoms with Crippen molar-refractivity contribution in [2.45, 2.75) is 25.4 Å². The monoisotopic (exact) mass is 547 g/mol. The Hall–Kier alpha value is -4.05. The Labute approximate surface area is 233 Å². The van der Waals surface area contributed by atoms with E-state index in [4.69, 9.17) is 9.47 Å². The third kappa shape index (κ3) is 6.74. The van der Waals surface area contributed by atoms with Gasteiger partial charge in [0.15, 0.2) is 5.82 Å². The fraction of sp³-hybridized carbons (Fsp3) is 0.400. The van der Waals surface area contributed by atoms with Crippen LogP contribution in [0.2, 0.25) is 0 Å². The van der Waals surface area contributed by atoms with E-state index in [0.717, 1.165) is 48.6 Å². The lowest BCUT2D eigenvalue weighted by Crippen LogP contribution is -2.46. The highest BCUT2D eigenvalue weighted by Gasteiger charge is 2.28. The van der Waals surface area contributed by atoms with Crippen LogP contribution in [0, 0.1) is 5.82 Å². The maximum Gasteiger partial charge on any atom is 0.254 e. The number of aromatic nitrogens is 2. The normalized spacial score (nSPS) is 17.4. The van der Waals surface area contributed by atoms with E-state index in [1.54, 1.807) is 18.1 Å². The summed E-state index contributed by atoms with van der Waals surface area (Å²) in [5.41, 5.74) is 1.90. The fourth-order valence-corrected chi connectivity index (χ4v) is 5.15. The molecule has 10 heteroatoms. The van der Waals surface area contributed by atoms with Crippen molar-refractivity contribution >= 4 is 17.6 Å². The summed E-state index contributed by atoms with van der Waals surface area (Å²) >= 11 is 0. The number of carbonyl (C=O) groups is 2. The molecule has 0 radical (unpaired) electrons. The second kappa shape index (κ2) is 12.9. The zero-order chi connectivity index (χ0) is 27.9. The molecule has 1 atom stereocenters. The molecule has 40 heavy (non-hydrogen) atoms. The first-order chi connectivity index (χ1) is 19.5. The van der Waals surface area contributed by atoms with Crippen LogP contribution in [0.4, 0.5) is 10.2 Å². The molecule has 0 bridgehead atoms. The first kappa shape index (κ1) is 27.5. The third-order valence-corrected chi connectivity index (χ3v) is 7.32. The number of nitrogens with zero attached hydrogens (tertiary/aromatic N) is 5. The molecule has 5 rings (SSSR count). The molecular formula is C30H34FN5O4. The first-order valence-corrected chi connectivity index (χ1v) is 13.7. The number of ether oxygens (including phenoxy) is 2. The quantitative estimate of drug-likeness (QED) is 0.425. The summed E-state index contributed by atoms with van der Waals surface area (Å²) in [4.78, 5) is 32.1. The van der Waals surface area contributed by atoms with Gasteiger partial charge in [-0.1, -0.05) is 18.2 Å². The molecule has 0 aliphatic carbocycles. The second-order valence-corrected chi connectivity index (χ2v) is 10.1. The van der Waals surface area contributed by atoms with Gasteiger partial charge in [-0.05, 0) is 61.7 Å². The third-order valence-electron chi connectivity index (χ3n) is 7.32. The van der Waals surface area contributed by atoms with Crippen LogP contribution in [0.1, 0.15) is 29.6 Å². The number of hydrogen-bond donors (Lipinski definition) is 0. The van der Waals surface area contributed by atoms with Crippen LogP contribution in [-0.2, 0) is 9.53 Å². The molecule has 2 fully saturated rings. The van der Waals surface area contributed by atoms with Crippen LogP contribution in [0.3, 0.4) is 0 Å². The van der Waals surface area contributed by atoms with Gasteiger partial charge in [-0.3, -0.25) is 9.59 Å². The molecular weight excluding hydrogens is 513 g/mol. The summed E-state index contributed by atoms with van der Waals surface area (Å²) in [5.74, 6) is 0.520. The summed E-state index contributed by atoms with van der Waals surface area (Å²) < 4.78 is 24.9. The Kier molecular flexibility index (Phi) is 8.85. The molecule has 9 nitrogen and oxygen atoms in total. The lowest BCUT2D eigenvalue weighted by molar-refractivity contribution is -0.132. The Balaban J connectivity index is 1.22. The van der Waals surface area contributed by atoms with E-state index in [2.05, 4.69) is 15.1 Å². The number of benzene rings is 2. The van der Waals surface area contributed by atoms with Crippen molar-refractivity contribution in [3.05, 3.63) is 72.0 Å². The fourth-order valence-electron chi connectivity index (χ4n) is 5.15. The minimum Gasteiger partial charge on any atom is -0.497 e. The predicted molar refractivity (Wildman–Crippen MR) is 149 cm³/mol. The molecule has 2 saturated heterocycles. The van der Waals surface area contributed by atoms with Crippen molar-refractivity contribution in [3.63, 3.8) is 0 Å². The van der Waals surface area contributed by atoms with Gasteiger partial charge in [0, 0.05) is 50.5 Å². The molecule has 210 valence electrons. The van der Waals surface area contributed by atoms with Crippen LogP contribution in [0.15, 0.2) is 60.7 Å². The summed E-state index contributed by atoms with van der Waals surface area (Å²) in [7, 11) is 1.63. The molecule has 2 amide bonds. The van der Waals surface area contributed by atoms with E-state index < -0.39 is 5.82 Å². The van der Waals surface area contributed by atoms with Crippen LogP contribution in [-0.4, -0.2) is 90.9 Å². The summed E-state index contributed by atoms with van der Waals surface area (Å²) in [6.07, 6.45) is 2.39. The van der Waals surface area contributed by atoms with E-state index in [0.29, 0.717) is 32.8 Å². The van der Waals surface area contributed by atoms with E-state index in [9.17, 15) is 14.0 Å². The first-order valence-electron chi connectivity index (χ1n) is 13.7. The van der Waals surface area contributed by atoms with E-state index in [-0.39, 0.29) is 30.0 Å². The average molecular weight is 548 g/mol. The SMILES string of the molecule is COc1cccc(-c2ccc(N3CCCN(C(=O)CN(CC4CCCO4)C(=O)c4cccc(F)c4)CC3)nn2)c1. The highest BCUT2D eigenvalue weighted by atomic mass is 19.1. The lowest BCUT2D eigenvalue weighted by atomic mass is 10.1. The Morgan fingerprint density at radius 1 is 1.02 bits per heavy atom. The summed E-state index contributed by atoms with van der Waals surface area (Å²) in [6.45, 7) is 3.28. The molecule has 0 saturated carbocycles. The standard InChI is InChI=1S/C30H34FN5O4/c1-39-25-9-3-6-22(19-25)27-11-12-28(33-32-27)34-13-5-14-35(16-15-34)29(37)21-36(20-26-10-4-17-40-26)30(38)23-7-2-8-24(31)18-23/h2-3,6-9,11-12,18-19,26H,4-5,10,13-17,20-21H2,1H3. The Morgan fingerprint density at radius 2 is 1.90 bits per heavy atom. The molecule has 3 heterocycles. The molecule has 1 unspecified atom stereocenters. The summed E-state index contributed by atoms with van der Waals surface area (Å²) in [5, 5.41) is 8.87. The molecule has 2 aromatic carbocycles. The number of methoxy groups -OCH3 is 1. The molecule has 0 spiro atoms. The Morgan fingerprint density at radius 3 is 2.65 bits per heavy atom. The predicted octanol–water partition coefficient (Wildman–Crippen LogP) is 3.65. The zero-order valence-corrected chi connectivity index (χ0v) is 22.7. The number of amides is 2. The minimum absolute atomic E-state index is 0.0791. The van der Waals surface area contributed by atoms with Crippen molar-refractivity contribution in [2.24, 2.45) is 0 Å². The maximum absolute atomic E-state index is 13.8. The number of carbonyl (C=O) groups excluding carboxylic acids is 2. The number of hydrogen-bond acceptors (Lipinski definition) is 7. The van der Waals surface area contributed by atoms with Crippen LogP contribution < -0.4 is 9.64 Å². The van der Waals surface area contributed by atoms with Crippen LogP contribution in [0.25, 0.3) is 11.3 Å². The van der Waals surface area contributed by atoms with Crippen LogP contribution in [0.5, 0.6) is 5.75 Å².